The molecule has 0 saturated carbocycles. The molecular weight excluding hydrogens is 242 g/mol. The molecule has 0 aliphatic rings. The molecule has 2 rings (SSSR count). The van der Waals surface area contributed by atoms with Crippen LogP contribution in [0.4, 0.5) is 0 Å². The van der Waals surface area contributed by atoms with Gasteiger partial charge in [-0.1, -0.05) is 19.1 Å². The molecule has 1 heterocycles. The van der Waals surface area contributed by atoms with Crippen LogP contribution < -0.4 is 5.32 Å². The molecule has 0 radical (unpaired) electrons. The van der Waals surface area contributed by atoms with Gasteiger partial charge in [-0.3, -0.25) is 0 Å². The first-order chi connectivity index (χ1) is 9.19. The van der Waals surface area contributed by atoms with Gasteiger partial charge >= 0.3 is 5.97 Å². The maximum Gasteiger partial charge on any atom is 0.335 e. The summed E-state index contributed by atoms with van der Waals surface area (Å²) in [5, 5.41) is 12.0. The number of aromatic nitrogens is 2. The van der Waals surface area contributed by atoms with Crippen LogP contribution in [0.1, 0.15) is 28.5 Å². The number of rotatable bonds is 6. The van der Waals surface area contributed by atoms with Gasteiger partial charge in [-0.05, 0) is 24.2 Å². The zero-order chi connectivity index (χ0) is 13.7. The minimum atomic E-state index is -0.901. The van der Waals surface area contributed by atoms with Gasteiger partial charge in [0.05, 0.1) is 17.6 Å². The quantitative estimate of drug-likeness (QED) is 0.829. The van der Waals surface area contributed by atoms with Crippen molar-refractivity contribution in [2.24, 2.45) is 0 Å². The van der Waals surface area contributed by atoms with Gasteiger partial charge in [-0.2, -0.15) is 0 Å². The average Bonchev–Trinajstić information content (AvgIpc) is 2.84. The number of hydrogen-bond acceptors (Lipinski definition) is 3. The highest BCUT2D eigenvalue weighted by molar-refractivity contribution is 5.87. The van der Waals surface area contributed by atoms with E-state index in [1.807, 2.05) is 22.9 Å². The Hall–Kier alpha value is -2.14. The summed E-state index contributed by atoms with van der Waals surface area (Å²) < 4.78 is 1.99. The molecule has 19 heavy (non-hydrogen) atoms. The smallest absolute Gasteiger partial charge is 0.335 e. The maximum atomic E-state index is 10.8. The lowest BCUT2D eigenvalue weighted by atomic mass is 10.1. The van der Waals surface area contributed by atoms with Crippen molar-refractivity contribution in [1.82, 2.24) is 14.9 Å². The molecular formula is C14H17N3O2. The highest BCUT2D eigenvalue weighted by Gasteiger charge is 2.03. The number of carbonyl (C=O) groups is 1. The van der Waals surface area contributed by atoms with Gasteiger partial charge < -0.3 is 15.0 Å². The Kier molecular flexibility index (Phi) is 4.30. The first kappa shape index (κ1) is 13.3. The first-order valence-corrected chi connectivity index (χ1v) is 6.22. The Morgan fingerprint density at radius 2 is 2.11 bits per heavy atom. The van der Waals surface area contributed by atoms with Crippen molar-refractivity contribution < 1.29 is 9.90 Å². The summed E-state index contributed by atoms with van der Waals surface area (Å²) in [5.41, 5.74) is 2.36. The predicted octanol–water partition coefficient (Wildman–Crippen LogP) is 1.74. The fourth-order valence-electron chi connectivity index (χ4n) is 1.80. The third-order valence-corrected chi connectivity index (χ3v) is 2.81. The third kappa shape index (κ3) is 3.66. The molecule has 5 heteroatoms. The zero-order valence-electron chi connectivity index (χ0n) is 10.8. The van der Waals surface area contributed by atoms with E-state index < -0.39 is 5.97 Å². The molecule has 0 unspecified atom stereocenters. The van der Waals surface area contributed by atoms with Gasteiger partial charge in [0.25, 0.3) is 0 Å². The van der Waals surface area contributed by atoms with Crippen molar-refractivity contribution in [2.45, 2.75) is 20.0 Å². The Balaban J connectivity index is 2.00. The van der Waals surface area contributed by atoms with E-state index in [2.05, 4.69) is 17.2 Å². The standard InChI is InChI=1S/C14H17N3O2/c1-2-15-7-13-9-17(10-16-13)8-11-3-5-12(6-4-11)14(18)19/h3-6,9-10,15H,2,7-8H2,1H3,(H,18,19). The number of nitrogens with one attached hydrogen (secondary N) is 1. The van der Waals surface area contributed by atoms with Crippen LogP contribution in [0, 0.1) is 0 Å². The third-order valence-electron chi connectivity index (χ3n) is 2.81. The molecule has 0 aliphatic carbocycles. The molecule has 100 valence electrons. The minimum Gasteiger partial charge on any atom is -0.478 e. The summed E-state index contributed by atoms with van der Waals surface area (Å²) in [6.45, 7) is 4.44. The Labute approximate surface area is 111 Å². The van der Waals surface area contributed by atoms with Crippen LogP contribution in [0.15, 0.2) is 36.8 Å². The van der Waals surface area contributed by atoms with Crippen LogP contribution >= 0.6 is 0 Å². The molecule has 1 aromatic carbocycles. The van der Waals surface area contributed by atoms with Crippen LogP contribution in [0.5, 0.6) is 0 Å². The highest BCUT2D eigenvalue weighted by atomic mass is 16.4. The molecule has 0 amide bonds. The van der Waals surface area contributed by atoms with E-state index in [4.69, 9.17) is 5.11 Å². The molecule has 1 aromatic heterocycles. The SMILES string of the molecule is CCNCc1cn(Cc2ccc(C(=O)O)cc2)cn1. The lowest BCUT2D eigenvalue weighted by Crippen LogP contribution is -2.11. The van der Waals surface area contributed by atoms with Gasteiger partial charge in [0.2, 0.25) is 0 Å². The van der Waals surface area contributed by atoms with Crippen LogP contribution in [0.3, 0.4) is 0 Å². The van der Waals surface area contributed by atoms with E-state index in [1.165, 1.54) is 0 Å². The van der Waals surface area contributed by atoms with Crippen LogP contribution in [0.25, 0.3) is 0 Å². The second-order valence-electron chi connectivity index (χ2n) is 4.32. The molecule has 0 bridgehead atoms. The van der Waals surface area contributed by atoms with Crippen molar-refractivity contribution in [3.63, 3.8) is 0 Å². The van der Waals surface area contributed by atoms with Crippen LogP contribution in [-0.2, 0) is 13.1 Å². The number of benzene rings is 1. The highest BCUT2D eigenvalue weighted by Crippen LogP contribution is 2.07. The monoisotopic (exact) mass is 259 g/mol. The first-order valence-electron chi connectivity index (χ1n) is 6.22. The summed E-state index contributed by atoms with van der Waals surface area (Å²) in [4.78, 5) is 15.1. The Morgan fingerprint density at radius 3 is 2.74 bits per heavy atom. The summed E-state index contributed by atoms with van der Waals surface area (Å²) in [5.74, 6) is -0.901. The second-order valence-corrected chi connectivity index (χ2v) is 4.32. The summed E-state index contributed by atoms with van der Waals surface area (Å²) in [6.07, 6.45) is 3.78. The molecule has 0 saturated heterocycles. The number of carboxylic acid groups (broad SMARTS) is 1. The predicted molar refractivity (Wildman–Crippen MR) is 72.1 cm³/mol. The fourth-order valence-corrected chi connectivity index (χ4v) is 1.80. The zero-order valence-corrected chi connectivity index (χ0v) is 10.8. The Bertz CT molecular complexity index is 546. The largest absolute Gasteiger partial charge is 0.478 e. The molecule has 5 nitrogen and oxygen atoms in total. The molecule has 2 aromatic rings. The lowest BCUT2D eigenvalue weighted by molar-refractivity contribution is 0.0697. The van der Waals surface area contributed by atoms with E-state index in [9.17, 15) is 4.79 Å². The number of aromatic carboxylic acids is 1. The number of imidazole rings is 1. The topological polar surface area (TPSA) is 67.2 Å². The molecule has 0 spiro atoms. The van der Waals surface area contributed by atoms with E-state index in [1.54, 1.807) is 18.5 Å². The van der Waals surface area contributed by atoms with Gasteiger partial charge in [-0.15, -0.1) is 0 Å². The molecule has 0 aliphatic heterocycles. The number of nitrogens with zero attached hydrogens (tertiary/aromatic N) is 2. The van der Waals surface area contributed by atoms with Crippen molar-refractivity contribution in [2.75, 3.05) is 6.54 Å². The summed E-state index contributed by atoms with van der Waals surface area (Å²) in [7, 11) is 0. The second kappa shape index (κ2) is 6.15. The number of carboxylic acids is 1. The average molecular weight is 259 g/mol. The summed E-state index contributed by atoms with van der Waals surface area (Å²) >= 11 is 0. The Morgan fingerprint density at radius 1 is 1.37 bits per heavy atom. The van der Waals surface area contributed by atoms with Crippen LogP contribution in [-0.4, -0.2) is 27.2 Å². The maximum absolute atomic E-state index is 10.8. The van der Waals surface area contributed by atoms with E-state index >= 15 is 0 Å². The van der Waals surface area contributed by atoms with Gasteiger partial charge in [0.1, 0.15) is 0 Å². The molecule has 0 atom stereocenters. The summed E-state index contributed by atoms with van der Waals surface area (Å²) in [6, 6.07) is 6.89. The molecule has 0 fully saturated rings. The number of hydrogen-bond donors (Lipinski definition) is 2. The van der Waals surface area contributed by atoms with E-state index in [0.29, 0.717) is 12.1 Å². The van der Waals surface area contributed by atoms with Crippen molar-refractivity contribution >= 4 is 5.97 Å². The van der Waals surface area contributed by atoms with E-state index in [-0.39, 0.29) is 0 Å². The van der Waals surface area contributed by atoms with Gasteiger partial charge in [0.15, 0.2) is 0 Å². The lowest BCUT2D eigenvalue weighted by Gasteiger charge is -2.03. The van der Waals surface area contributed by atoms with Crippen LogP contribution in [0.2, 0.25) is 0 Å². The normalized spacial score (nSPS) is 10.6. The van der Waals surface area contributed by atoms with Gasteiger partial charge in [0, 0.05) is 19.3 Å². The molecule has 2 N–H and O–H groups in total. The van der Waals surface area contributed by atoms with Crippen molar-refractivity contribution in [3.8, 4) is 0 Å². The van der Waals surface area contributed by atoms with Gasteiger partial charge in [-0.25, -0.2) is 9.78 Å². The van der Waals surface area contributed by atoms with Crippen molar-refractivity contribution in [1.29, 1.82) is 0 Å². The minimum absolute atomic E-state index is 0.308. The fraction of sp³-hybridized carbons (Fsp3) is 0.286. The van der Waals surface area contributed by atoms with Crippen molar-refractivity contribution in [3.05, 3.63) is 53.6 Å². The van der Waals surface area contributed by atoms with E-state index in [0.717, 1.165) is 24.3 Å².